The topological polar surface area (TPSA) is 29.1 Å². The van der Waals surface area contributed by atoms with Crippen LogP contribution in [0.25, 0.3) is 17.2 Å². The van der Waals surface area contributed by atoms with Gasteiger partial charge in [-0.3, -0.25) is 4.79 Å². The zero-order valence-electron chi connectivity index (χ0n) is 24.4. The summed E-state index contributed by atoms with van der Waals surface area (Å²) in [6.45, 7) is 9.06. The number of carbonyl (C=O) groups excluding carboxylic acids is 1. The Morgan fingerprint density at radius 2 is 1.36 bits per heavy atom. The maximum Gasteiger partial charge on any atom is 0.248 e. The van der Waals surface area contributed by atoms with E-state index in [1.54, 1.807) is 6.08 Å². The fourth-order valence-corrected chi connectivity index (χ4v) is 10.1. The number of carbonyl (C=O) groups is 1. The summed E-state index contributed by atoms with van der Waals surface area (Å²) in [5.41, 5.74) is 6.89. The molecule has 0 aliphatic rings. The number of aryl methyl sites for hydroxylation is 1. The Morgan fingerprint density at radius 3 is 1.92 bits per heavy atom. The molecule has 0 atom stereocenters. The van der Waals surface area contributed by atoms with Gasteiger partial charge in [0.2, 0.25) is 5.91 Å². The Hall–Kier alpha value is -2.41. The van der Waals surface area contributed by atoms with Crippen LogP contribution in [0.4, 0.5) is 5.69 Å². The number of nitrogens with one attached hydrogen (secondary N) is 1. The smallest absolute Gasteiger partial charge is 0.248 e. The number of benzene rings is 3. The summed E-state index contributed by atoms with van der Waals surface area (Å²) in [4.78, 5) is 12.7. The lowest BCUT2D eigenvalue weighted by molar-refractivity contribution is -0.111. The van der Waals surface area contributed by atoms with Gasteiger partial charge < -0.3 is 17.7 Å². The van der Waals surface area contributed by atoms with Crippen LogP contribution in [0.5, 0.6) is 0 Å². The van der Waals surface area contributed by atoms with Crippen molar-refractivity contribution >= 4 is 24.9 Å². The lowest BCUT2D eigenvalue weighted by Crippen LogP contribution is -3.00. The Balaban J connectivity index is 0.00000533. The second kappa shape index (κ2) is 17.3. The molecule has 0 saturated heterocycles. The van der Waals surface area contributed by atoms with Crippen LogP contribution >= 0.6 is 7.26 Å². The van der Waals surface area contributed by atoms with E-state index in [9.17, 15) is 4.79 Å². The maximum atomic E-state index is 12.7. The normalized spacial score (nSPS) is 11.4. The number of anilines is 1. The van der Waals surface area contributed by atoms with Crippen molar-refractivity contribution in [3.05, 3.63) is 95.6 Å². The van der Waals surface area contributed by atoms with Crippen molar-refractivity contribution in [1.29, 1.82) is 0 Å². The predicted octanol–water partition coefficient (Wildman–Crippen LogP) is 7.24. The summed E-state index contributed by atoms with van der Waals surface area (Å²) in [7, 11) is -0.983. The maximum absolute atomic E-state index is 12.7. The van der Waals surface area contributed by atoms with Gasteiger partial charge in [-0.25, -0.2) is 0 Å². The van der Waals surface area contributed by atoms with Crippen LogP contribution in [0.3, 0.4) is 0 Å². The van der Waals surface area contributed by atoms with Gasteiger partial charge in [0.25, 0.3) is 0 Å². The lowest BCUT2D eigenvalue weighted by Gasteiger charge is -2.28. The van der Waals surface area contributed by atoms with Crippen molar-refractivity contribution < 1.29 is 17.2 Å². The second-order valence-corrected chi connectivity index (χ2v) is 15.1. The number of amides is 1. The quantitative estimate of drug-likeness (QED) is 0.153. The molecular weight excluding hydrogens is 517 g/mol. The molecule has 0 aliphatic carbocycles. The van der Waals surface area contributed by atoms with Gasteiger partial charge in [0.05, 0.1) is 24.6 Å². The summed E-state index contributed by atoms with van der Waals surface area (Å²) < 4.78 is 0. The molecule has 0 bridgehead atoms. The van der Waals surface area contributed by atoms with Crippen molar-refractivity contribution in [3.8, 4) is 11.1 Å². The van der Waals surface area contributed by atoms with Crippen LogP contribution in [0.1, 0.15) is 76.0 Å². The molecule has 0 fully saturated rings. The Bertz CT molecular complexity index is 1130. The molecule has 1 amide bonds. The zero-order chi connectivity index (χ0) is 27.2. The van der Waals surface area contributed by atoms with Crippen molar-refractivity contribution in [3.63, 3.8) is 0 Å². The first kappa shape index (κ1) is 32.8. The molecule has 0 saturated carbocycles. The van der Waals surface area contributed by atoms with Gasteiger partial charge in [-0.05, 0) is 72.7 Å². The molecule has 2 nitrogen and oxygen atoms in total. The Morgan fingerprint density at radius 1 is 0.769 bits per heavy atom. The largest absolute Gasteiger partial charge is 1.00 e. The van der Waals surface area contributed by atoms with E-state index in [-0.39, 0.29) is 18.3 Å². The minimum Gasteiger partial charge on any atom is -1.00 e. The first-order valence-electron chi connectivity index (χ1n) is 14.6. The molecule has 210 valence electrons. The molecule has 0 spiro atoms. The highest BCUT2D eigenvalue weighted by Gasteiger charge is 2.35. The molecule has 0 aromatic heterocycles. The highest BCUT2D eigenvalue weighted by molar-refractivity contribution is 7.75. The molecular formula is C35H47ClNOP. The third kappa shape index (κ3) is 10.9. The third-order valence-electron chi connectivity index (χ3n) is 7.40. The van der Waals surface area contributed by atoms with Gasteiger partial charge in [-0.2, -0.15) is 0 Å². The van der Waals surface area contributed by atoms with E-state index < -0.39 is 7.26 Å². The summed E-state index contributed by atoms with van der Waals surface area (Å²) in [6.07, 6.45) is 17.0. The fourth-order valence-electron chi connectivity index (χ4n) is 5.06. The van der Waals surface area contributed by atoms with Crippen LogP contribution < -0.4 is 17.7 Å². The van der Waals surface area contributed by atoms with Gasteiger partial charge in [-0.1, -0.05) is 100 Å². The number of hydrogen-bond acceptors (Lipinski definition) is 1. The van der Waals surface area contributed by atoms with Crippen LogP contribution in [-0.4, -0.2) is 24.4 Å². The SMILES string of the molecule is CCCC[P+](CCCC)(CCCC)Cc1ccc(NC(=O)C=Cc2cccc(-c3ccc(C)cc3)c2)cc1.[Cl-]. The molecule has 0 aliphatic heterocycles. The molecule has 3 aromatic carbocycles. The molecule has 0 radical (unpaired) electrons. The summed E-state index contributed by atoms with van der Waals surface area (Å²) in [5.74, 6) is -0.103. The van der Waals surface area contributed by atoms with Crippen molar-refractivity contribution in [1.82, 2.24) is 0 Å². The third-order valence-corrected chi connectivity index (χ3v) is 12.2. The molecule has 0 unspecified atom stereocenters. The number of rotatable bonds is 15. The van der Waals surface area contributed by atoms with Gasteiger partial charge in [0.15, 0.2) is 0 Å². The van der Waals surface area contributed by atoms with Crippen molar-refractivity contribution in [2.45, 2.75) is 72.4 Å². The molecule has 0 heterocycles. The van der Waals surface area contributed by atoms with E-state index in [1.165, 1.54) is 79.9 Å². The first-order chi connectivity index (χ1) is 18.5. The number of halogens is 1. The monoisotopic (exact) mass is 563 g/mol. The van der Waals surface area contributed by atoms with Gasteiger partial charge in [0, 0.05) is 19.0 Å². The van der Waals surface area contributed by atoms with Gasteiger partial charge in [0.1, 0.15) is 0 Å². The lowest BCUT2D eigenvalue weighted by atomic mass is 10.0. The number of unbranched alkanes of at least 4 members (excludes halogenated alkanes) is 3. The molecule has 39 heavy (non-hydrogen) atoms. The second-order valence-electron chi connectivity index (χ2n) is 10.7. The fraction of sp³-hybridized carbons (Fsp3) is 0.400. The zero-order valence-corrected chi connectivity index (χ0v) is 26.0. The van der Waals surface area contributed by atoms with Crippen molar-refractivity contribution in [2.24, 2.45) is 0 Å². The molecule has 3 rings (SSSR count). The average Bonchev–Trinajstić information content (AvgIpc) is 2.94. The minimum atomic E-state index is -0.983. The highest BCUT2D eigenvalue weighted by Crippen LogP contribution is 2.63. The first-order valence-corrected chi connectivity index (χ1v) is 17.1. The number of hydrogen-bond donors (Lipinski definition) is 1. The molecule has 1 N–H and O–H groups in total. The van der Waals surface area contributed by atoms with E-state index >= 15 is 0 Å². The molecule has 4 heteroatoms. The van der Waals surface area contributed by atoms with Crippen LogP contribution in [0.2, 0.25) is 0 Å². The minimum absolute atomic E-state index is 0. The summed E-state index contributed by atoms with van der Waals surface area (Å²) in [5, 5.41) is 3.04. The highest BCUT2D eigenvalue weighted by atomic mass is 35.5. The van der Waals surface area contributed by atoms with Crippen LogP contribution in [-0.2, 0) is 11.0 Å². The summed E-state index contributed by atoms with van der Waals surface area (Å²) in [6, 6.07) is 25.4. The van der Waals surface area contributed by atoms with Crippen LogP contribution in [0.15, 0.2) is 78.9 Å². The van der Waals surface area contributed by atoms with Crippen LogP contribution in [0, 0.1) is 6.92 Å². The average molecular weight is 564 g/mol. The van der Waals surface area contributed by atoms with Gasteiger partial charge in [-0.15, -0.1) is 0 Å². The van der Waals surface area contributed by atoms with E-state index in [2.05, 4.69) is 93.7 Å². The van der Waals surface area contributed by atoms with E-state index in [1.807, 2.05) is 18.2 Å². The van der Waals surface area contributed by atoms with E-state index in [0.29, 0.717) is 0 Å². The Labute approximate surface area is 244 Å². The van der Waals surface area contributed by atoms with Crippen molar-refractivity contribution in [2.75, 3.05) is 23.8 Å². The van der Waals surface area contributed by atoms with Gasteiger partial charge >= 0.3 is 0 Å². The Kier molecular flexibility index (Phi) is 14.6. The summed E-state index contributed by atoms with van der Waals surface area (Å²) >= 11 is 0. The predicted molar refractivity (Wildman–Crippen MR) is 171 cm³/mol. The van der Waals surface area contributed by atoms with E-state index in [0.717, 1.165) is 16.8 Å². The van der Waals surface area contributed by atoms with E-state index in [4.69, 9.17) is 0 Å². The standard InChI is InChI=1S/C35H46NOP.ClH/c1-5-8-24-38(25-9-6-2,26-10-7-3)28-31-16-21-34(22-17-31)36-35(37)23-18-30-12-11-13-33(27-30)32-19-14-29(4)15-20-32;/h11-23,27H,5-10,24-26,28H2,1-4H3;1H. The molecule has 3 aromatic rings.